The zero-order chi connectivity index (χ0) is 14.0. The maximum absolute atomic E-state index is 12.5. The first-order chi connectivity index (χ1) is 8.88. The number of carbonyl (C=O) groups excluding carboxylic acids is 2. The Kier molecular flexibility index (Phi) is 3.60. The number of rotatable bonds is 2. The molecule has 3 amide bonds. The number of urea groups is 1. The van der Waals surface area contributed by atoms with Gasteiger partial charge in [-0.05, 0) is 24.0 Å². The van der Waals surface area contributed by atoms with Gasteiger partial charge in [0.1, 0.15) is 0 Å². The molecule has 0 aliphatic carbocycles. The lowest BCUT2D eigenvalue weighted by atomic mass is 9.83. The minimum absolute atomic E-state index is 0.0603. The number of nitrogens with zero attached hydrogens (tertiary/aromatic N) is 1. The van der Waals surface area contributed by atoms with Gasteiger partial charge in [-0.15, -0.1) is 0 Å². The standard InChI is InChI=1S/C15H20N2O2/c1-15(2,3)9-11-10-16-14(19)17(13(11)18)12-7-5-4-6-8-12/h4-8,11H,9-10H2,1-3H3,(H,16,19). The second kappa shape index (κ2) is 5.03. The van der Waals surface area contributed by atoms with E-state index >= 15 is 0 Å². The van der Waals surface area contributed by atoms with Crippen molar-refractivity contribution in [1.82, 2.24) is 5.32 Å². The highest BCUT2D eigenvalue weighted by Crippen LogP contribution is 2.28. The zero-order valence-electron chi connectivity index (χ0n) is 11.6. The van der Waals surface area contributed by atoms with Crippen molar-refractivity contribution in [3.8, 4) is 0 Å². The SMILES string of the molecule is CC(C)(C)CC1CNC(=O)N(c2ccccc2)C1=O. The lowest BCUT2D eigenvalue weighted by Gasteiger charge is -2.34. The Morgan fingerprint density at radius 2 is 1.84 bits per heavy atom. The van der Waals surface area contributed by atoms with Crippen LogP contribution in [0.1, 0.15) is 27.2 Å². The van der Waals surface area contributed by atoms with Crippen LogP contribution in [0.15, 0.2) is 30.3 Å². The van der Waals surface area contributed by atoms with E-state index in [9.17, 15) is 9.59 Å². The molecule has 1 atom stereocenters. The molecule has 1 aromatic rings. The number of imide groups is 1. The number of hydrogen-bond acceptors (Lipinski definition) is 2. The van der Waals surface area contributed by atoms with E-state index in [0.717, 1.165) is 6.42 Å². The highest BCUT2D eigenvalue weighted by atomic mass is 16.2. The van der Waals surface area contributed by atoms with Crippen LogP contribution in [0, 0.1) is 11.3 Å². The van der Waals surface area contributed by atoms with Crippen molar-refractivity contribution in [2.75, 3.05) is 11.4 Å². The van der Waals surface area contributed by atoms with Gasteiger partial charge >= 0.3 is 6.03 Å². The van der Waals surface area contributed by atoms with Gasteiger partial charge in [-0.1, -0.05) is 39.0 Å². The van der Waals surface area contributed by atoms with Crippen molar-refractivity contribution >= 4 is 17.6 Å². The third kappa shape index (κ3) is 3.13. The van der Waals surface area contributed by atoms with Crippen LogP contribution in [0.3, 0.4) is 0 Å². The molecule has 1 saturated heterocycles. The Morgan fingerprint density at radius 1 is 1.21 bits per heavy atom. The van der Waals surface area contributed by atoms with Crippen molar-refractivity contribution in [1.29, 1.82) is 0 Å². The molecule has 4 nitrogen and oxygen atoms in total. The average molecular weight is 260 g/mol. The Labute approximate surface area is 113 Å². The van der Waals surface area contributed by atoms with Crippen LogP contribution in [0.4, 0.5) is 10.5 Å². The molecule has 1 aromatic carbocycles. The lowest BCUT2D eigenvalue weighted by Crippen LogP contribution is -2.55. The normalized spacial score (nSPS) is 20.4. The summed E-state index contributed by atoms with van der Waals surface area (Å²) >= 11 is 0. The van der Waals surface area contributed by atoms with Gasteiger partial charge in [0.05, 0.1) is 11.6 Å². The fraction of sp³-hybridized carbons (Fsp3) is 0.467. The van der Waals surface area contributed by atoms with Crippen molar-refractivity contribution < 1.29 is 9.59 Å². The maximum Gasteiger partial charge on any atom is 0.328 e. The molecule has 1 aliphatic rings. The first-order valence-electron chi connectivity index (χ1n) is 6.55. The maximum atomic E-state index is 12.5. The van der Waals surface area contributed by atoms with E-state index < -0.39 is 0 Å². The highest BCUT2D eigenvalue weighted by Gasteiger charge is 2.36. The second-order valence-electron chi connectivity index (χ2n) is 6.16. The van der Waals surface area contributed by atoms with Crippen LogP contribution in [0.5, 0.6) is 0 Å². The summed E-state index contributed by atoms with van der Waals surface area (Å²) in [5, 5.41) is 2.80. The van der Waals surface area contributed by atoms with Crippen molar-refractivity contribution in [3.63, 3.8) is 0 Å². The van der Waals surface area contributed by atoms with Crippen LogP contribution < -0.4 is 10.2 Å². The number of benzene rings is 1. The van der Waals surface area contributed by atoms with Gasteiger partial charge in [-0.2, -0.15) is 0 Å². The highest BCUT2D eigenvalue weighted by molar-refractivity contribution is 6.16. The van der Waals surface area contributed by atoms with E-state index in [1.54, 1.807) is 12.1 Å². The molecule has 0 radical (unpaired) electrons. The Balaban J connectivity index is 2.23. The van der Waals surface area contributed by atoms with Gasteiger partial charge < -0.3 is 5.32 Å². The topological polar surface area (TPSA) is 49.4 Å². The molecule has 1 fully saturated rings. The average Bonchev–Trinajstić information content (AvgIpc) is 2.33. The molecule has 0 aromatic heterocycles. The van der Waals surface area contributed by atoms with Crippen LogP contribution in [0.25, 0.3) is 0 Å². The first-order valence-corrected chi connectivity index (χ1v) is 6.55. The van der Waals surface area contributed by atoms with Crippen molar-refractivity contribution in [2.45, 2.75) is 27.2 Å². The minimum atomic E-state index is -0.332. The molecule has 0 bridgehead atoms. The van der Waals surface area contributed by atoms with Gasteiger partial charge in [0.2, 0.25) is 5.91 Å². The smallest absolute Gasteiger partial charge is 0.328 e. The number of amides is 3. The Morgan fingerprint density at radius 3 is 2.42 bits per heavy atom. The van der Waals surface area contributed by atoms with E-state index in [1.165, 1.54) is 4.90 Å². The van der Waals surface area contributed by atoms with Gasteiger partial charge in [0.15, 0.2) is 0 Å². The molecule has 102 valence electrons. The molecular weight excluding hydrogens is 240 g/mol. The van der Waals surface area contributed by atoms with E-state index in [1.807, 2.05) is 18.2 Å². The van der Waals surface area contributed by atoms with E-state index in [-0.39, 0.29) is 23.3 Å². The summed E-state index contributed by atoms with van der Waals surface area (Å²) in [6.07, 6.45) is 0.759. The number of nitrogens with one attached hydrogen (secondary N) is 1. The largest absolute Gasteiger partial charge is 0.337 e. The molecule has 1 heterocycles. The summed E-state index contributed by atoms with van der Waals surface area (Å²) in [6, 6.07) is 8.73. The molecule has 19 heavy (non-hydrogen) atoms. The molecule has 1 aliphatic heterocycles. The van der Waals surface area contributed by atoms with E-state index in [0.29, 0.717) is 12.2 Å². The summed E-state index contributed by atoms with van der Waals surface area (Å²) in [4.78, 5) is 25.6. The van der Waals surface area contributed by atoms with Gasteiger partial charge in [0.25, 0.3) is 0 Å². The zero-order valence-corrected chi connectivity index (χ0v) is 11.6. The molecule has 0 saturated carbocycles. The fourth-order valence-electron chi connectivity index (χ4n) is 2.38. The van der Waals surface area contributed by atoms with Crippen molar-refractivity contribution in [2.24, 2.45) is 11.3 Å². The molecule has 4 heteroatoms. The quantitative estimate of drug-likeness (QED) is 0.889. The molecular formula is C15H20N2O2. The third-order valence-corrected chi connectivity index (χ3v) is 3.15. The summed E-state index contributed by atoms with van der Waals surface area (Å²) in [7, 11) is 0. The Bertz CT molecular complexity index is 477. The van der Waals surface area contributed by atoms with Crippen LogP contribution in [-0.2, 0) is 4.79 Å². The monoisotopic (exact) mass is 260 g/mol. The molecule has 2 rings (SSSR count). The summed E-state index contributed by atoms with van der Waals surface area (Å²) in [6.45, 7) is 6.73. The fourth-order valence-corrected chi connectivity index (χ4v) is 2.38. The lowest BCUT2D eigenvalue weighted by molar-refractivity contribution is -0.123. The van der Waals surface area contributed by atoms with Crippen molar-refractivity contribution in [3.05, 3.63) is 30.3 Å². The molecule has 0 spiro atoms. The summed E-state index contributed by atoms with van der Waals surface area (Å²) < 4.78 is 0. The van der Waals surface area contributed by atoms with E-state index in [2.05, 4.69) is 26.1 Å². The van der Waals surface area contributed by atoms with Crippen LogP contribution >= 0.6 is 0 Å². The van der Waals surface area contributed by atoms with Gasteiger partial charge in [-0.3, -0.25) is 4.79 Å². The Hall–Kier alpha value is -1.84. The number of para-hydroxylation sites is 1. The molecule has 1 unspecified atom stereocenters. The number of anilines is 1. The predicted octanol–water partition coefficient (Wildman–Crippen LogP) is 2.80. The summed E-state index contributed by atoms with van der Waals surface area (Å²) in [5.74, 6) is -0.261. The predicted molar refractivity (Wildman–Crippen MR) is 74.9 cm³/mol. The number of carbonyl (C=O) groups is 2. The van der Waals surface area contributed by atoms with E-state index in [4.69, 9.17) is 0 Å². The third-order valence-electron chi connectivity index (χ3n) is 3.15. The second-order valence-corrected chi connectivity index (χ2v) is 6.16. The van der Waals surface area contributed by atoms with Gasteiger partial charge in [-0.25, -0.2) is 9.69 Å². The minimum Gasteiger partial charge on any atom is -0.337 e. The molecule has 1 N–H and O–H groups in total. The van der Waals surface area contributed by atoms with Gasteiger partial charge in [0, 0.05) is 6.54 Å². The summed E-state index contributed by atoms with van der Waals surface area (Å²) in [5.41, 5.74) is 0.689. The van der Waals surface area contributed by atoms with Crippen LogP contribution in [0.2, 0.25) is 0 Å². The number of hydrogen-bond donors (Lipinski definition) is 1. The van der Waals surface area contributed by atoms with Crippen LogP contribution in [-0.4, -0.2) is 18.5 Å². The first kappa shape index (κ1) is 13.6.